The van der Waals surface area contributed by atoms with Gasteiger partial charge in [-0.15, -0.1) is 0 Å². The molecule has 4 rings (SSSR count). The zero-order chi connectivity index (χ0) is 16.0. The summed E-state index contributed by atoms with van der Waals surface area (Å²) < 4.78 is 0. The van der Waals surface area contributed by atoms with E-state index in [1.807, 2.05) is 0 Å². The molecule has 0 aromatic carbocycles. The quantitative estimate of drug-likeness (QED) is 0.711. The van der Waals surface area contributed by atoms with E-state index in [9.17, 15) is 5.11 Å². The van der Waals surface area contributed by atoms with Crippen LogP contribution in [0.25, 0.3) is 0 Å². The number of rotatable bonds is 6. The van der Waals surface area contributed by atoms with Crippen molar-refractivity contribution in [2.75, 3.05) is 0 Å². The van der Waals surface area contributed by atoms with Gasteiger partial charge < -0.3 is 10.4 Å². The van der Waals surface area contributed by atoms with Gasteiger partial charge in [-0.25, -0.2) is 0 Å². The first-order chi connectivity index (χ1) is 10.3. The Morgan fingerprint density at radius 1 is 1.18 bits per heavy atom. The molecule has 0 radical (unpaired) electrons. The molecule has 4 bridgehead atoms. The van der Waals surface area contributed by atoms with E-state index in [2.05, 4.69) is 39.1 Å². The standard InChI is InChI=1S/C20H35NO/c1-14(2)6-5-7-15(3)21-16(4)19-9-17-8-18(10-19)12-20(22,11-17)13-19/h6,15-18,21-22H,5,7-13H2,1-4H3/t15-,16-,17-,18-,19?,20?/m1/s1. The van der Waals surface area contributed by atoms with Gasteiger partial charge in [-0.2, -0.15) is 0 Å². The molecule has 4 aliphatic carbocycles. The number of hydrogen-bond donors (Lipinski definition) is 2. The normalized spacial score (nSPS) is 42.2. The maximum absolute atomic E-state index is 10.9. The van der Waals surface area contributed by atoms with E-state index in [1.54, 1.807) is 0 Å². The third-order valence-electron chi connectivity index (χ3n) is 6.68. The minimum absolute atomic E-state index is 0.328. The lowest BCUT2D eigenvalue weighted by atomic mass is 9.46. The van der Waals surface area contributed by atoms with Gasteiger partial charge in [0.25, 0.3) is 0 Å². The average molecular weight is 306 g/mol. The van der Waals surface area contributed by atoms with Gasteiger partial charge in [-0.3, -0.25) is 0 Å². The zero-order valence-corrected chi connectivity index (χ0v) is 15.0. The molecule has 0 heterocycles. The molecule has 126 valence electrons. The van der Waals surface area contributed by atoms with E-state index in [0.717, 1.165) is 31.1 Å². The second-order valence-corrected chi connectivity index (χ2v) is 9.20. The maximum atomic E-state index is 10.9. The molecule has 0 aromatic heterocycles. The van der Waals surface area contributed by atoms with Crippen LogP contribution in [0.15, 0.2) is 11.6 Å². The molecule has 0 aromatic rings. The van der Waals surface area contributed by atoms with Crippen LogP contribution in [0.5, 0.6) is 0 Å². The van der Waals surface area contributed by atoms with E-state index in [-0.39, 0.29) is 5.60 Å². The Balaban J connectivity index is 1.60. The number of nitrogens with one attached hydrogen (secondary N) is 1. The molecule has 0 unspecified atom stereocenters. The van der Waals surface area contributed by atoms with Crippen LogP contribution in [0, 0.1) is 17.3 Å². The van der Waals surface area contributed by atoms with Crippen molar-refractivity contribution in [3.05, 3.63) is 11.6 Å². The van der Waals surface area contributed by atoms with Gasteiger partial charge in [0, 0.05) is 12.1 Å². The summed E-state index contributed by atoms with van der Waals surface area (Å²) in [6, 6.07) is 1.10. The Kier molecular flexibility index (Phi) is 4.46. The second-order valence-electron chi connectivity index (χ2n) is 9.20. The third-order valence-corrected chi connectivity index (χ3v) is 6.68. The van der Waals surface area contributed by atoms with Crippen molar-refractivity contribution >= 4 is 0 Å². The molecule has 2 N–H and O–H groups in total. The number of hydrogen-bond acceptors (Lipinski definition) is 2. The topological polar surface area (TPSA) is 32.3 Å². The molecule has 2 nitrogen and oxygen atoms in total. The smallest absolute Gasteiger partial charge is 0.0659 e. The van der Waals surface area contributed by atoms with Crippen molar-refractivity contribution in [2.24, 2.45) is 17.3 Å². The van der Waals surface area contributed by atoms with Crippen molar-refractivity contribution in [3.8, 4) is 0 Å². The van der Waals surface area contributed by atoms with Gasteiger partial charge in [0.15, 0.2) is 0 Å². The summed E-state index contributed by atoms with van der Waals surface area (Å²) in [4.78, 5) is 0. The van der Waals surface area contributed by atoms with Crippen molar-refractivity contribution < 1.29 is 5.11 Å². The lowest BCUT2D eigenvalue weighted by Crippen LogP contribution is -2.61. The summed E-state index contributed by atoms with van der Waals surface area (Å²) in [5, 5.41) is 14.8. The summed E-state index contributed by atoms with van der Waals surface area (Å²) in [5.41, 5.74) is 1.46. The molecule has 0 aliphatic heterocycles. The van der Waals surface area contributed by atoms with Crippen molar-refractivity contribution in [1.82, 2.24) is 5.32 Å². The average Bonchev–Trinajstić information content (AvgIpc) is 2.34. The lowest BCUT2D eigenvalue weighted by molar-refractivity contribution is -0.172. The first-order valence-electron chi connectivity index (χ1n) is 9.42. The number of allylic oxidation sites excluding steroid dienone is 2. The van der Waals surface area contributed by atoms with E-state index in [4.69, 9.17) is 0 Å². The van der Waals surface area contributed by atoms with Crippen LogP contribution in [0.2, 0.25) is 0 Å². The third kappa shape index (κ3) is 3.28. The van der Waals surface area contributed by atoms with Crippen LogP contribution < -0.4 is 5.32 Å². The largest absolute Gasteiger partial charge is 0.390 e. The Hall–Kier alpha value is -0.340. The highest BCUT2D eigenvalue weighted by Gasteiger charge is 2.58. The molecule has 2 heteroatoms. The molecule has 4 aliphatic rings. The van der Waals surface area contributed by atoms with E-state index < -0.39 is 0 Å². The molecule has 4 saturated carbocycles. The zero-order valence-electron chi connectivity index (χ0n) is 15.0. The lowest BCUT2D eigenvalue weighted by Gasteiger charge is -2.62. The second kappa shape index (κ2) is 5.94. The fourth-order valence-corrected chi connectivity index (χ4v) is 6.10. The molecule has 0 amide bonds. The van der Waals surface area contributed by atoms with Gasteiger partial charge in [0.1, 0.15) is 0 Å². The molecule has 0 spiro atoms. The monoisotopic (exact) mass is 305 g/mol. The van der Waals surface area contributed by atoms with Crippen molar-refractivity contribution in [3.63, 3.8) is 0 Å². The summed E-state index contributed by atoms with van der Waals surface area (Å²) in [5.74, 6) is 1.58. The highest BCUT2D eigenvalue weighted by molar-refractivity contribution is 5.11. The fourth-order valence-electron chi connectivity index (χ4n) is 6.10. The van der Waals surface area contributed by atoms with Crippen LogP contribution in [0.4, 0.5) is 0 Å². The van der Waals surface area contributed by atoms with Crippen LogP contribution in [-0.2, 0) is 0 Å². The van der Waals surface area contributed by atoms with Crippen LogP contribution in [0.3, 0.4) is 0 Å². The van der Waals surface area contributed by atoms with Gasteiger partial charge in [-0.05, 0) is 96.3 Å². The van der Waals surface area contributed by atoms with E-state index >= 15 is 0 Å². The molecule has 0 saturated heterocycles. The van der Waals surface area contributed by atoms with Crippen LogP contribution >= 0.6 is 0 Å². The van der Waals surface area contributed by atoms with Gasteiger partial charge >= 0.3 is 0 Å². The maximum Gasteiger partial charge on any atom is 0.0659 e. The first kappa shape index (κ1) is 16.5. The predicted molar refractivity (Wildman–Crippen MR) is 92.8 cm³/mol. The van der Waals surface area contributed by atoms with Gasteiger partial charge in [0.05, 0.1) is 5.60 Å². The molecular weight excluding hydrogens is 270 g/mol. The minimum Gasteiger partial charge on any atom is -0.390 e. The van der Waals surface area contributed by atoms with E-state index in [0.29, 0.717) is 17.5 Å². The molecule has 4 fully saturated rings. The fraction of sp³-hybridized carbons (Fsp3) is 0.900. The Morgan fingerprint density at radius 3 is 2.36 bits per heavy atom. The highest BCUT2D eigenvalue weighted by atomic mass is 16.3. The molecule has 22 heavy (non-hydrogen) atoms. The first-order valence-corrected chi connectivity index (χ1v) is 9.42. The van der Waals surface area contributed by atoms with Crippen molar-refractivity contribution in [1.29, 1.82) is 0 Å². The SMILES string of the molecule is CC(C)=CCC[C@@H](C)N[C@H](C)C12C[C@H]3C[C@@H](CC(O)(C3)C1)C2. The predicted octanol–water partition coefficient (Wildman–Crippen LogP) is 4.43. The van der Waals surface area contributed by atoms with Crippen LogP contribution in [-0.4, -0.2) is 22.8 Å². The van der Waals surface area contributed by atoms with Gasteiger partial charge in [-0.1, -0.05) is 11.6 Å². The van der Waals surface area contributed by atoms with Gasteiger partial charge in [0.2, 0.25) is 0 Å². The van der Waals surface area contributed by atoms with Crippen LogP contribution in [0.1, 0.15) is 79.1 Å². The summed E-state index contributed by atoms with van der Waals surface area (Å²) in [7, 11) is 0. The van der Waals surface area contributed by atoms with Crippen molar-refractivity contribution in [2.45, 2.75) is 96.7 Å². The Bertz CT molecular complexity index is 423. The molecular formula is C20H35NO. The number of aliphatic hydroxyl groups is 1. The summed E-state index contributed by atoms with van der Waals surface area (Å²) in [6.07, 6.45) is 12.0. The van der Waals surface area contributed by atoms with E-state index in [1.165, 1.54) is 37.7 Å². The Morgan fingerprint density at radius 2 is 1.82 bits per heavy atom. The molecule has 4 atom stereocenters. The summed E-state index contributed by atoms with van der Waals surface area (Å²) in [6.45, 7) is 9.06. The minimum atomic E-state index is -0.328. The summed E-state index contributed by atoms with van der Waals surface area (Å²) >= 11 is 0. The Labute approximate surface area is 136 Å². The highest BCUT2D eigenvalue weighted by Crippen LogP contribution is 2.62.